The molecule has 1 atom stereocenters. The van der Waals surface area contributed by atoms with Gasteiger partial charge in [-0.3, -0.25) is 14.8 Å². The fraction of sp³-hybridized carbons (Fsp3) is 0.464. The molecule has 0 aliphatic carbocycles. The Balaban J connectivity index is 2.22. The van der Waals surface area contributed by atoms with Crippen molar-refractivity contribution in [1.29, 1.82) is 0 Å². The lowest BCUT2D eigenvalue weighted by molar-refractivity contribution is -0.114. The van der Waals surface area contributed by atoms with E-state index < -0.39 is 10.0 Å². The molecule has 2 rings (SSSR count). The summed E-state index contributed by atoms with van der Waals surface area (Å²) in [4.78, 5) is 24.4. The molecule has 0 bridgehead atoms. The van der Waals surface area contributed by atoms with Gasteiger partial charge in [0.1, 0.15) is 11.9 Å². The Labute approximate surface area is 222 Å². The number of hydrogen-bond acceptors (Lipinski definition) is 6. The fourth-order valence-corrected chi connectivity index (χ4v) is 4.87. The van der Waals surface area contributed by atoms with Crippen LogP contribution in [-0.2, 0) is 9.53 Å². The molecule has 36 heavy (non-hydrogen) atoms. The average Bonchev–Trinajstić information content (AvgIpc) is 3.38. The number of carbonyl (C=O) groups is 1. The van der Waals surface area contributed by atoms with Crippen molar-refractivity contribution in [3.05, 3.63) is 57.9 Å². The molecule has 6 nitrogen and oxygen atoms in total. The van der Waals surface area contributed by atoms with Gasteiger partial charge in [-0.25, -0.2) is 10.0 Å². The summed E-state index contributed by atoms with van der Waals surface area (Å²) in [6, 6.07) is 11.8. The standard InChI is InChI=1S/C28H41N3O3S2/c1-8-15-31(28(32)25(21-29-3)22(2)30-4)23-11-9-12-24(20-23)34-26(27-13-10-18-35-27)14-16-33-17-19-36(5,6)7/h9-13,18,20-21,26H,4,8,14-17,19H2,1-3,5-7H3/b25-22+,29-21-. The number of rotatable bonds is 15. The molecule has 0 aliphatic heterocycles. The fourth-order valence-electron chi connectivity index (χ4n) is 3.46. The van der Waals surface area contributed by atoms with Crippen LogP contribution < -0.4 is 9.64 Å². The van der Waals surface area contributed by atoms with Crippen LogP contribution in [0.3, 0.4) is 0 Å². The molecule has 0 saturated heterocycles. The van der Waals surface area contributed by atoms with Gasteiger partial charge in [-0.2, -0.15) is 0 Å². The van der Waals surface area contributed by atoms with E-state index in [-0.39, 0.29) is 12.0 Å². The third-order valence-corrected chi connectivity index (χ3v) is 7.80. The van der Waals surface area contributed by atoms with Gasteiger partial charge in [0, 0.05) is 48.6 Å². The van der Waals surface area contributed by atoms with E-state index in [1.165, 1.54) is 0 Å². The molecular formula is C28H41N3O3S2. The Morgan fingerprint density at radius 3 is 2.61 bits per heavy atom. The highest BCUT2D eigenvalue weighted by atomic mass is 32.3. The lowest BCUT2D eigenvalue weighted by Gasteiger charge is -2.25. The van der Waals surface area contributed by atoms with Crippen LogP contribution in [0.2, 0.25) is 0 Å². The number of aliphatic imine (C=N–C) groups is 2. The number of allylic oxidation sites excluding steroid dienone is 1. The van der Waals surface area contributed by atoms with Crippen molar-refractivity contribution in [1.82, 2.24) is 0 Å². The Kier molecular flexibility index (Phi) is 12.4. The zero-order valence-electron chi connectivity index (χ0n) is 22.5. The van der Waals surface area contributed by atoms with Crippen LogP contribution in [0, 0.1) is 0 Å². The van der Waals surface area contributed by atoms with E-state index >= 15 is 0 Å². The Hall–Kier alpha value is -2.42. The van der Waals surface area contributed by atoms with Crippen molar-refractivity contribution in [2.45, 2.75) is 32.8 Å². The lowest BCUT2D eigenvalue weighted by Crippen LogP contribution is -2.33. The maximum absolute atomic E-state index is 13.5. The van der Waals surface area contributed by atoms with E-state index in [2.05, 4.69) is 46.9 Å². The highest BCUT2D eigenvalue weighted by Gasteiger charge is 2.22. The number of carbonyl (C=O) groups excluding carboxylic acids is 1. The molecule has 1 heterocycles. The molecule has 8 heteroatoms. The Morgan fingerprint density at radius 1 is 1.22 bits per heavy atom. The van der Waals surface area contributed by atoms with E-state index in [4.69, 9.17) is 9.47 Å². The highest BCUT2D eigenvalue weighted by molar-refractivity contribution is 8.32. The summed E-state index contributed by atoms with van der Waals surface area (Å²) in [5, 5.41) is 2.06. The normalized spacial score (nSPS) is 13.8. The van der Waals surface area contributed by atoms with Gasteiger partial charge in [-0.15, -0.1) is 11.3 Å². The predicted octanol–water partition coefficient (Wildman–Crippen LogP) is 6.39. The van der Waals surface area contributed by atoms with Crippen LogP contribution in [0.4, 0.5) is 5.69 Å². The van der Waals surface area contributed by atoms with Crippen LogP contribution in [0.25, 0.3) is 0 Å². The van der Waals surface area contributed by atoms with Gasteiger partial charge in [-0.1, -0.05) is 19.1 Å². The molecule has 0 fully saturated rings. The Bertz CT molecular complexity index is 1030. The second kappa shape index (κ2) is 15.0. The average molecular weight is 532 g/mol. The van der Waals surface area contributed by atoms with Crippen molar-refractivity contribution >= 4 is 45.9 Å². The van der Waals surface area contributed by atoms with Gasteiger partial charge in [-0.05, 0) is 62.4 Å². The third kappa shape index (κ3) is 9.56. The van der Waals surface area contributed by atoms with Gasteiger partial charge in [0.25, 0.3) is 5.91 Å². The zero-order valence-corrected chi connectivity index (χ0v) is 24.2. The minimum atomic E-state index is -0.566. The van der Waals surface area contributed by atoms with Crippen molar-refractivity contribution in [2.75, 3.05) is 56.2 Å². The number of hydrogen-bond donors (Lipinski definition) is 0. The lowest BCUT2D eigenvalue weighted by atomic mass is 10.1. The van der Waals surface area contributed by atoms with Gasteiger partial charge < -0.3 is 14.4 Å². The van der Waals surface area contributed by atoms with Crippen molar-refractivity contribution < 1.29 is 14.3 Å². The second-order valence-electron chi connectivity index (χ2n) is 9.32. The topological polar surface area (TPSA) is 63.5 Å². The summed E-state index contributed by atoms with van der Waals surface area (Å²) >= 11 is 1.68. The van der Waals surface area contributed by atoms with E-state index in [9.17, 15) is 4.79 Å². The maximum atomic E-state index is 13.5. The summed E-state index contributed by atoms with van der Waals surface area (Å²) in [6.45, 7) is 9.36. The molecule has 0 aliphatic rings. The van der Waals surface area contributed by atoms with Crippen LogP contribution in [0.15, 0.2) is 63.0 Å². The molecular weight excluding hydrogens is 490 g/mol. The molecule has 198 valence electrons. The van der Waals surface area contributed by atoms with Gasteiger partial charge in [0.2, 0.25) is 0 Å². The van der Waals surface area contributed by atoms with Gasteiger partial charge >= 0.3 is 0 Å². The quantitative estimate of drug-likeness (QED) is 0.152. The summed E-state index contributed by atoms with van der Waals surface area (Å²) in [7, 11) is 1.07. The monoisotopic (exact) mass is 531 g/mol. The molecule has 0 saturated carbocycles. The minimum Gasteiger partial charge on any atom is -0.485 e. The summed E-state index contributed by atoms with van der Waals surface area (Å²) < 4.78 is 12.4. The van der Waals surface area contributed by atoms with Crippen molar-refractivity contribution in [3.63, 3.8) is 0 Å². The maximum Gasteiger partial charge on any atom is 0.261 e. The van der Waals surface area contributed by atoms with E-state index in [1.807, 2.05) is 37.3 Å². The van der Waals surface area contributed by atoms with Crippen LogP contribution in [0.1, 0.15) is 37.7 Å². The minimum absolute atomic E-state index is 0.118. The van der Waals surface area contributed by atoms with E-state index in [0.717, 1.165) is 35.8 Å². The molecule has 0 spiro atoms. The van der Waals surface area contributed by atoms with E-state index in [1.54, 1.807) is 36.4 Å². The summed E-state index contributed by atoms with van der Waals surface area (Å²) in [5.41, 5.74) is 1.75. The number of anilines is 1. The van der Waals surface area contributed by atoms with Gasteiger partial charge in [0.05, 0.1) is 24.5 Å². The largest absolute Gasteiger partial charge is 0.485 e. The molecule has 1 aromatic heterocycles. The number of thiophene rings is 1. The molecule has 0 radical (unpaired) electrons. The molecule has 1 unspecified atom stereocenters. The Morgan fingerprint density at radius 2 is 2.00 bits per heavy atom. The molecule has 0 N–H and O–H groups in total. The van der Waals surface area contributed by atoms with Crippen molar-refractivity contribution in [3.8, 4) is 5.75 Å². The SMILES string of the molecule is C=N/C(C)=C(\C=N/C)C(=O)N(CCC)c1cccc(OC(CCOCCS(C)(C)C)c2cccs2)c1. The van der Waals surface area contributed by atoms with Crippen LogP contribution in [-0.4, -0.2) is 70.2 Å². The van der Waals surface area contributed by atoms with Crippen molar-refractivity contribution in [2.24, 2.45) is 9.98 Å². The summed E-state index contributed by atoms with van der Waals surface area (Å²) in [5.74, 6) is 1.65. The van der Waals surface area contributed by atoms with E-state index in [0.29, 0.717) is 30.2 Å². The zero-order chi connectivity index (χ0) is 26.6. The smallest absolute Gasteiger partial charge is 0.261 e. The first-order chi connectivity index (χ1) is 17.2. The number of nitrogens with zero attached hydrogens (tertiary/aromatic N) is 3. The second-order valence-corrected chi connectivity index (χ2v) is 14.9. The third-order valence-electron chi connectivity index (χ3n) is 5.44. The first-order valence-corrected chi connectivity index (χ1v) is 16.1. The van der Waals surface area contributed by atoms with Crippen LogP contribution in [0.5, 0.6) is 5.75 Å². The predicted molar refractivity (Wildman–Crippen MR) is 159 cm³/mol. The number of ether oxygens (including phenoxy) is 2. The van der Waals surface area contributed by atoms with Crippen LogP contribution >= 0.6 is 21.4 Å². The molecule has 2 aromatic rings. The van der Waals surface area contributed by atoms with Gasteiger partial charge in [0.15, 0.2) is 0 Å². The number of benzene rings is 1. The molecule has 1 amide bonds. The summed E-state index contributed by atoms with van der Waals surface area (Å²) in [6.07, 6.45) is 9.89. The first kappa shape index (κ1) is 29.8. The number of amides is 1. The highest BCUT2D eigenvalue weighted by Crippen LogP contribution is 2.34. The first-order valence-electron chi connectivity index (χ1n) is 12.2. The molecule has 1 aromatic carbocycles.